The number of nitrogens with zero attached hydrogens (tertiary/aromatic N) is 3. The van der Waals surface area contributed by atoms with Gasteiger partial charge >= 0.3 is 0 Å². The number of fused-ring (bicyclic) bond motifs is 1. The molecule has 0 aliphatic heterocycles. The maximum absolute atomic E-state index is 5.55. The van der Waals surface area contributed by atoms with Crippen LogP contribution in [0.4, 0.5) is 0 Å². The Bertz CT molecular complexity index is 472. The Hall–Kier alpha value is -1.68. The number of hydrogen-bond acceptors (Lipinski definition) is 3. The Kier molecular flexibility index (Phi) is 2.78. The molecule has 0 atom stereocenters. The lowest BCUT2D eigenvalue weighted by atomic mass is 10.4. The molecule has 78 valence electrons. The first-order valence-electron chi connectivity index (χ1n) is 4.98. The standard InChI is InChI=1S/C11H14N4/c1-2-8-15-10(5-6-12)14-9-4-3-7-13-11(9)15/h2-4,7H,1,5-6,8,12H2. The van der Waals surface area contributed by atoms with Crippen LogP contribution in [0.2, 0.25) is 0 Å². The summed E-state index contributed by atoms with van der Waals surface area (Å²) in [4.78, 5) is 8.81. The second kappa shape index (κ2) is 4.23. The maximum Gasteiger partial charge on any atom is 0.160 e. The van der Waals surface area contributed by atoms with Gasteiger partial charge in [-0.25, -0.2) is 9.97 Å². The number of allylic oxidation sites excluding steroid dienone is 1. The average Bonchev–Trinajstić information content (AvgIpc) is 2.59. The average molecular weight is 202 g/mol. The summed E-state index contributed by atoms with van der Waals surface area (Å²) in [5, 5.41) is 0. The Labute approximate surface area is 88.4 Å². The van der Waals surface area contributed by atoms with E-state index in [1.807, 2.05) is 18.2 Å². The molecule has 2 aromatic rings. The van der Waals surface area contributed by atoms with Crippen LogP contribution in [0.25, 0.3) is 11.2 Å². The number of aromatic nitrogens is 3. The molecule has 2 rings (SSSR count). The smallest absolute Gasteiger partial charge is 0.160 e. The highest BCUT2D eigenvalue weighted by molar-refractivity contribution is 5.71. The summed E-state index contributed by atoms with van der Waals surface area (Å²) in [6.07, 6.45) is 4.38. The molecule has 0 aromatic carbocycles. The van der Waals surface area contributed by atoms with Crippen molar-refractivity contribution in [3.05, 3.63) is 36.8 Å². The van der Waals surface area contributed by atoms with Gasteiger partial charge in [0.25, 0.3) is 0 Å². The Morgan fingerprint density at radius 1 is 1.53 bits per heavy atom. The second-order valence-corrected chi connectivity index (χ2v) is 3.31. The molecule has 0 radical (unpaired) electrons. The van der Waals surface area contributed by atoms with Crippen LogP contribution in [0, 0.1) is 0 Å². The molecule has 0 fully saturated rings. The number of pyridine rings is 1. The van der Waals surface area contributed by atoms with Gasteiger partial charge in [-0.3, -0.25) is 0 Å². The highest BCUT2D eigenvalue weighted by Crippen LogP contribution is 2.13. The summed E-state index contributed by atoms with van der Waals surface area (Å²) in [7, 11) is 0. The van der Waals surface area contributed by atoms with Crippen molar-refractivity contribution >= 4 is 11.2 Å². The van der Waals surface area contributed by atoms with Crippen molar-refractivity contribution in [1.29, 1.82) is 0 Å². The third-order valence-electron chi connectivity index (χ3n) is 2.26. The van der Waals surface area contributed by atoms with Crippen molar-refractivity contribution in [3.63, 3.8) is 0 Å². The zero-order valence-electron chi connectivity index (χ0n) is 8.56. The van der Waals surface area contributed by atoms with Gasteiger partial charge in [0.15, 0.2) is 5.65 Å². The van der Waals surface area contributed by atoms with Crippen LogP contribution in [0.5, 0.6) is 0 Å². The molecule has 0 aliphatic carbocycles. The van der Waals surface area contributed by atoms with E-state index in [9.17, 15) is 0 Å². The van der Waals surface area contributed by atoms with Crippen molar-refractivity contribution in [1.82, 2.24) is 14.5 Å². The van der Waals surface area contributed by atoms with Gasteiger partial charge in [0, 0.05) is 19.2 Å². The Balaban J connectivity index is 2.57. The van der Waals surface area contributed by atoms with Gasteiger partial charge in [0.05, 0.1) is 0 Å². The first-order valence-corrected chi connectivity index (χ1v) is 4.98. The van der Waals surface area contributed by atoms with Crippen molar-refractivity contribution in [2.45, 2.75) is 13.0 Å². The van der Waals surface area contributed by atoms with E-state index in [0.29, 0.717) is 6.54 Å². The number of nitrogens with two attached hydrogens (primary N) is 1. The van der Waals surface area contributed by atoms with E-state index in [-0.39, 0.29) is 0 Å². The minimum absolute atomic E-state index is 0.598. The zero-order chi connectivity index (χ0) is 10.7. The number of rotatable bonds is 4. The molecule has 2 aromatic heterocycles. The fourth-order valence-electron chi connectivity index (χ4n) is 1.65. The summed E-state index contributed by atoms with van der Waals surface area (Å²) in [6, 6.07) is 3.85. The van der Waals surface area contributed by atoms with Gasteiger partial charge in [-0.2, -0.15) is 0 Å². The van der Waals surface area contributed by atoms with Gasteiger partial charge in [-0.15, -0.1) is 6.58 Å². The molecule has 0 saturated heterocycles. The minimum atomic E-state index is 0.598. The first kappa shape index (κ1) is 9.86. The molecule has 0 unspecified atom stereocenters. The van der Waals surface area contributed by atoms with E-state index in [0.717, 1.165) is 30.0 Å². The fraction of sp³-hybridized carbons (Fsp3) is 0.273. The SMILES string of the molecule is C=CCn1c(CCN)nc2cccnc21. The molecule has 4 heteroatoms. The van der Waals surface area contributed by atoms with E-state index >= 15 is 0 Å². The van der Waals surface area contributed by atoms with Crippen LogP contribution in [0.15, 0.2) is 31.0 Å². The van der Waals surface area contributed by atoms with Crippen LogP contribution in [-0.4, -0.2) is 21.1 Å². The van der Waals surface area contributed by atoms with Crippen LogP contribution in [0.3, 0.4) is 0 Å². The van der Waals surface area contributed by atoms with Gasteiger partial charge in [-0.1, -0.05) is 6.08 Å². The monoisotopic (exact) mass is 202 g/mol. The van der Waals surface area contributed by atoms with E-state index in [1.54, 1.807) is 6.20 Å². The fourth-order valence-corrected chi connectivity index (χ4v) is 1.65. The molecular weight excluding hydrogens is 188 g/mol. The normalized spacial score (nSPS) is 10.7. The summed E-state index contributed by atoms with van der Waals surface area (Å²) in [5.74, 6) is 0.978. The van der Waals surface area contributed by atoms with Crippen LogP contribution >= 0.6 is 0 Å². The lowest BCUT2D eigenvalue weighted by Crippen LogP contribution is -2.09. The van der Waals surface area contributed by atoms with Crippen LogP contribution in [0.1, 0.15) is 5.82 Å². The molecule has 0 saturated carbocycles. The van der Waals surface area contributed by atoms with Gasteiger partial charge in [-0.05, 0) is 18.7 Å². The third-order valence-corrected chi connectivity index (χ3v) is 2.26. The zero-order valence-corrected chi connectivity index (χ0v) is 8.56. The predicted molar refractivity (Wildman–Crippen MR) is 60.5 cm³/mol. The summed E-state index contributed by atoms with van der Waals surface area (Å²) in [6.45, 7) is 5.06. The van der Waals surface area contributed by atoms with E-state index in [1.165, 1.54) is 0 Å². The highest BCUT2D eigenvalue weighted by Gasteiger charge is 2.08. The first-order chi connectivity index (χ1) is 7.36. The molecule has 4 nitrogen and oxygen atoms in total. The van der Waals surface area contributed by atoms with E-state index < -0.39 is 0 Å². The van der Waals surface area contributed by atoms with Crippen molar-refractivity contribution in [2.75, 3.05) is 6.54 Å². The number of imidazole rings is 1. The van der Waals surface area contributed by atoms with E-state index in [2.05, 4.69) is 21.1 Å². The lowest BCUT2D eigenvalue weighted by Gasteiger charge is -2.03. The minimum Gasteiger partial charge on any atom is -0.330 e. The Morgan fingerprint density at radius 3 is 3.13 bits per heavy atom. The maximum atomic E-state index is 5.55. The molecule has 0 spiro atoms. The van der Waals surface area contributed by atoms with Crippen molar-refractivity contribution in [2.24, 2.45) is 5.73 Å². The topological polar surface area (TPSA) is 56.7 Å². The lowest BCUT2D eigenvalue weighted by molar-refractivity contribution is 0.742. The van der Waals surface area contributed by atoms with Gasteiger partial charge < -0.3 is 10.3 Å². The molecule has 2 N–H and O–H groups in total. The summed E-state index contributed by atoms with van der Waals surface area (Å²) < 4.78 is 2.05. The molecule has 0 bridgehead atoms. The van der Waals surface area contributed by atoms with Crippen molar-refractivity contribution < 1.29 is 0 Å². The van der Waals surface area contributed by atoms with Crippen molar-refractivity contribution in [3.8, 4) is 0 Å². The molecule has 2 heterocycles. The Morgan fingerprint density at radius 2 is 2.40 bits per heavy atom. The molecule has 0 amide bonds. The third kappa shape index (κ3) is 1.76. The molecular formula is C11H14N4. The predicted octanol–water partition coefficient (Wildman–Crippen LogP) is 1.12. The number of hydrogen-bond donors (Lipinski definition) is 1. The van der Waals surface area contributed by atoms with Crippen LogP contribution < -0.4 is 5.73 Å². The quantitative estimate of drug-likeness (QED) is 0.756. The molecule has 15 heavy (non-hydrogen) atoms. The largest absolute Gasteiger partial charge is 0.330 e. The summed E-state index contributed by atoms with van der Waals surface area (Å²) >= 11 is 0. The van der Waals surface area contributed by atoms with E-state index in [4.69, 9.17) is 5.73 Å². The van der Waals surface area contributed by atoms with Gasteiger partial charge in [0.1, 0.15) is 11.3 Å². The summed E-state index contributed by atoms with van der Waals surface area (Å²) in [5.41, 5.74) is 7.37. The van der Waals surface area contributed by atoms with Crippen LogP contribution in [-0.2, 0) is 13.0 Å². The molecule has 0 aliphatic rings. The second-order valence-electron chi connectivity index (χ2n) is 3.31. The van der Waals surface area contributed by atoms with Gasteiger partial charge in [0.2, 0.25) is 0 Å². The highest BCUT2D eigenvalue weighted by atomic mass is 15.1.